The number of amidine groups is 1. The molecule has 0 aromatic rings. The molecule has 1 aliphatic rings. The van der Waals surface area contributed by atoms with E-state index in [1.54, 1.807) is 6.26 Å². The van der Waals surface area contributed by atoms with Crippen LogP contribution in [0.15, 0.2) is 4.99 Å². The molecule has 1 atom stereocenters. The third-order valence-corrected chi connectivity index (χ3v) is 3.45. The van der Waals surface area contributed by atoms with Gasteiger partial charge < -0.3 is 5.73 Å². The average Bonchev–Trinajstić information content (AvgIpc) is 2.18. The Kier molecular flexibility index (Phi) is 5.15. The Morgan fingerprint density at radius 2 is 2.07 bits per heavy atom. The summed E-state index contributed by atoms with van der Waals surface area (Å²) >= 11 is 0. The van der Waals surface area contributed by atoms with Crippen molar-refractivity contribution in [2.24, 2.45) is 16.6 Å². The zero-order valence-corrected chi connectivity index (χ0v) is 9.68. The van der Waals surface area contributed by atoms with E-state index in [4.69, 9.17) is 5.73 Å². The standard InChI is InChI=1S/C10H20N2OS/c1-14(13)8-7-12-10(11)9-5-3-2-4-6-9/h9H,2-8H2,1H3,(H2,11,12). The molecule has 0 aromatic heterocycles. The second-order valence-electron chi connectivity index (χ2n) is 3.92. The highest BCUT2D eigenvalue weighted by Crippen LogP contribution is 2.23. The summed E-state index contributed by atoms with van der Waals surface area (Å²) in [5.74, 6) is 1.91. The van der Waals surface area contributed by atoms with Crippen molar-refractivity contribution in [3.63, 3.8) is 0 Å². The van der Waals surface area contributed by atoms with Crippen molar-refractivity contribution in [1.29, 1.82) is 0 Å². The van der Waals surface area contributed by atoms with Crippen LogP contribution in [0.5, 0.6) is 0 Å². The van der Waals surface area contributed by atoms with Crippen LogP contribution in [0.2, 0.25) is 0 Å². The molecular weight excluding hydrogens is 196 g/mol. The Morgan fingerprint density at radius 3 is 2.64 bits per heavy atom. The molecule has 0 aliphatic heterocycles. The highest BCUT2D eigenvalue weighted by atomic mass is 32.2. The Bertz CT molecular complexity index is 222. The molecule has 1 saturated carbocycles. The van der Waals surface area contributed by atoms with Crippen LogP contribution in [0.1, 0.15) is 32.1 Å². The Hall–Kier alpha value is -0.380. The summed E-state index contributed by atoms with van der Waals surface area (Å²) < 4.78 is 10.8. The van der Waals surface area contributed by atoms with Gasteiger partial charge >= 0.3 is 0 Å². The zero-order chi connectivity index (χ0) is 10.4. The summed E-state index contributed by atoms with van der Waals surface area (Å²) in [6.07, 6.45) is 7.96. The number of hydrogen-bond acceptors (Lipinski definition) is 2. The predicted octanol–water partition coefficient (Wildman–Crippen LogP) is 1.30. The summed E-state index contributed by atoms with van der Waals surface area (Å²) in [6, 6.07) is 0. The lowest BCUT2D eigenvalue weighted by molar-refractivity contribution is 0.436. The fourth-order valence-corrected chi connectivity index (χ4v) is 2.18. The lowest BCUT2D eigenvalue weighted by Crippen LogP contribution is -2.26. The van der Waals surface area contributed by atoms with Gasteiger partial charge in [-0.2, -0.15) is 0 Å². The van der Waals surface area contributed by atoms with Crippen LogP contribution in [0.3, 0.4) is 0 Å². The van der Waals surface area contributed by atoms with Crippen LogP contribution in [0.4, 0.5) is 0 Å². The van der Waals surface area contributed by atoms with Gasteiger partial charge in [-0.1, -0.05) is 19.3 Å². The molecule has 2 N–H and O–H groups in total. The van der Waals surface area contributed by atoms with Crippen molar-refractivity contribution in [3.05, 3.63) is 0 Å². The molecule has 0 spiro atoms. The van der Waals surface area contributed by atoms with Gasteiger partial charge in [0.2, 0.25) is 0 Å². The first kappa shape index (κ1) is 11.7. The minimum Gasteiger partial charge on any atom is -0.387 e. The van der Waals surface area contributed by atoms with Crippen molar-refractivity contribution in [2.75, 3.05) is 18.6 Å². The Balaban J connectivity index is 2.30. The van der Waals surface area contributed by atoms with Gasteiger partial charge in [0.1, 0.15) is 0 Å². The topological polar surface area (TPSA) is 55.5 Å². The molecule has 1 fully saturated rings. The maximum absolute atomic E-state index is 10.8. The molecule has 82 valence electrons. The van der Waals surface area contributed by atoms with E-state index in [1.165, 1.54) is 32.1 Å². The Morgan fingerprint density at radius 1 is 1.43 bits per heavy atom. The fraction of sp³-hybridized carbons (Fsp3) is 0.900. The smallest absolute Gasteiger partial charge is 0.0968 e. The molecule has 14 heavy (non-hydrogen) atoms. The van der Waals surface area contributed by atoms with Crippen LogP contribution in [-0.2, 0) is 10.8 Å². The molecule has 3 nitrogen and oxygen atoms in total. The number of aliphatic imine (C=N–C) groups is 1. The first-order valence-electron chi connectivity index (χ1n) is 5.30. The summed E-state index contributed by atoms with van der Waals surface area (Å²) in [5, 5.41) is 0. The van der Waals surface area contributed by atoms with E-state index in [0.29, 0.717) is 18.2 Å². The first-order chi connectivity index (χ1) is 6.70. The summed E-state index contributed by atoms with van der Waals surface area (Å²) in [7, 11) is -0.750. The monoisotopic (exact) mass is 216 g/mol. The van der Waals surface area contributed by atoms with Crippen molar-refractivity contribution < 1.29 is 4.21 Å². The highest BCUT2D eigenvalue weighted by molar-refractivity contribution is 7.84. The summed E-state index contributed by atoms with van der Waals surface area (Å²) in [5.41, 5.74) is 5.89. The van der Waals surface area contributed by atoms with Crippen LogP contribution in [0.25, 0.3) is 0 Å². The van der Waals surface area contributed by atoms with Crippen molar-refractivity contribution in [2.45, 2.75) is 32.1 Å². The van der Waals surface area contributed by atoms with Crippen molar-refractivity contribution in [3.8, 4) is 0 Å². The normalized spacial score (nSPS) is 22.2. The fourth-order valence-electron chi connectivity index (χ4n) is 1.83. The molecular formula is C10H20N2OS. The minimum absolute atomic E-state index is 0.494. The van der Waals surface area contributed by atoms with E-state index in [9.17, 15) is 4.21 Å². The molecule has 0 radical (unpaired) electrons. The number of nitrogens with two attached hydrogens (primary N) is 1. The third kappa shape index (κ3) is 4.22. The second kappa shape index (κ2) is 6.17. The molecule has 0 saturated heterocycles. The first-order valence-corrected chi connectivity index (χ1v) is 7.02. The van der Waals surface area contributed by atoms with Gasteiger partial charge in [-0.25, -0.2) is 0 Å². The van der Waals surface area contributed by atoms with E-state index >= 15 is 0 Å². The third-order valence-electron chi connectivity index (χ3n) is 2.70. The van der Waals surface area contributed by atoms with E-state index in [-0.39, 0.29) is 0 Å². The quantitative estimate of drug-likeness (QED) is 0.569. The van der Waals surface area contributed by atoms with Crippen molar-refractivity contribution >= 4 is 16.6 Å². The number of hydrogen-bond donors (Lipinski definition) is 1. The molecule has 0 heterocycles. The number of nitrogens with zero attached hydrogens (tertiary/aromatic N) is 1. The van der Waals surface area contributed by atoms with Crippen LogP contribution >= 0.6 is 0 Å². The van der Waals surface area contributed by atoms with Gasteiger partial charge in [0.25, 0.3) is 0 Å². The molecule has 0 aromatic carbocycles. The van der Waals surface area contributed by atoms with Gasteiger partial charge in [-0.3, -0.25) is 9.20 Å². The molecule has 1 aliphatic carbocycles. The minimum atomic E-state index is -0.750. The van der Waals surface area contributed by atoms with E-state index in [0.717, 1.165) is 5.84 Å². The van der Waals surface area contributed by atoms with Crippen LogP contribution in [-0.4, -0.2) is 28.6 Å². The highest BCUT2D eigenvalue weighted by Gasteiger charge is 2.16. The van der Waals surface area contributed by atoms with Crippen LogP contribution < -0.4 is 5.73 Å². The van der Waals surface area contributed by atoms with Gasteiger partial charge in [-0.15, -0.1) is 0 Å². The Labute approximate surface area is 88.6 Å². The maximum atomic E-state index is 10.8. The molecule has 4 heteroatoms. The van der Waals surface area contributed by atoms with Gasteiger partial charge in [-0.05, 0) is 12.8 Å². The maximum Gasteiger partial charge on any atom is 0.0968 e. The lowest BCUT2D eigenvalue weighted by Gasteiger charge is -2.20. The van der Waals surface area contributed by atoms with E-state index in [2.05, 4.69) is 4.99 Å². The lowest BCUT2D eigenvalue weighted by atomic mass is 9.88. The number of rotatable bonds is 4. The molecule has 0 amide bonds. The molecule has 1 rings (SSSR count). The van der Waals surface area contributed by atoms with Gasteiger partial charge in [0, 0.05) is 28.7 Å². The molecule has 1 unspecified atom stereocenters. The van der Waals surface area contributed by atoms with E-state index in [1.807, 2.05) is 0 Å². The van der Waals surface area contributed by atoms with Gasteiger partial charge in [0.15, 0.2) is 0 Å². The molecule has 0 bridgehead atoms. The van der Waals surface area contributed by atoms with Crippen LogP contribution in [0, 0.1) is 5.92 Å². The van der Waals surface area contributed by atoms with Crippen molar-refractivity contribution in [1.82, 2.24) is 0 Å². The second-order valence-corrected chi connectivity index (χ2v) is 5.47. The van der Waals surface area contributed by atoms with Gasteiger partial charge in [0.05, 0.1) is 12.4 Å². The largest absolute Gasteiger partial charge is 0.387 e. The zero-order valence-electron chi connectivity index (χ0n) is 8.87. The average molecular weight is 216 g/mol. The summed E-state index contributed by atoms with van der Waals surface area (Å²) in [4.78, 5) is 4.29. The predicted molar refractivity (Wildman–Crippen MR) is 62.0 cm³/mol. The van der Waals surface area contributed by atoms with E-state index < -0.39 is 10.8 Å². The SMILES string of the molecule is CS(=O)CCN=C(N)C1CCCCC1. The summed E-state index contributed by atoms with van der Waals surface area (Å²) in [6.45, 7) is 0.617.